The number of ether oxygens (including phenoxy) is 1. The molecule has 5 saturated carbocycles. The van der Waals surface area contributed by atoms with Gasteiger partial charge in [0.1, 0.15) is 12.0 Å². The molecule has 2 aliphatic heterocycles. The van der Waals surface area contributed by atoms with Crippen molar-refractivity contribution in [1.82, 2.24) is 4.90 Å². The molecule has 142 valence electrons. The van der Waals surface area contributed by atoms with Crippen LogP contribution in [0, 0.1) is 34.0 Å². The van der Waals surface area contributed by atoms with Crippen LogP contribution in [0.3, 0.4) is 0 Å². The summed E-state index contributed by atoms with van der Waals surface area (Å²) in [7, 11) is 0. The molecule has 0 amide bonds. The predicted molar refractivity (Wildman–Crippen MR) is 97.2 cm³/mol. The molecule has 7 rings (SSSR count). The fourth-order valence-corrected chi connectivity index (χ4v) is 8.93. The summed E-state index contributed by atoms with van der Waals surface area (Å²) in [5.41, 5.74) is 0.998. The number of allylic oxidation sites excluding steroid dienone is 1. The zero-order valence-electron chi connectivity index (χ0n) is 15.9. The molecule has 0 aromatic carbocycles. The molecule has 7 aliphatic rings. The number of fused-ring (bicyclic) bond motifs is 4. The van der Waals surface area contributed by atoms with Crippen LogP contribution in [0.2, 0.25) is 0 Å². The van der Waals surface area contributed by atoms with Crippen LogP contribution in [0.25, 0.3) is 0 Å². The average molecular weight is 357 g/mol. The molecule has 8 atom stereocenters. The van der Waals surface area contributed by atoms with E-state index in [1.54, 1.807) is 0 Å². The lowest BCUT2D eigenvalue weighted by Crippen LogP contribution is -2.74. The molecule has 7 fully saturated rings. The van der Waals surface area contributed by atoms with Crippen LogP contribution in [0.5, 0.6) is 0 Å². The summed E-state index contributed by atoms with van der Waals surface area (Å²) in [5, 5.41) is 11.4. The van der Waals surface area contributed by atoms with Gasteiger partial charge in [-0.1, -0.05) is 25.5 Å². The van der Waals surface area contributed by atoms with Crippen molar-refractivity contribution >= 4 is 5.78 Å². The first kappa shape index (κ1) is 16.3. The SMILES string of the molecule is C=C1C[C@]23C(=O)C[C@H]1C[C@H]2[C@@]12CCC[C@@](C)([C@@H]4OCCN4C1)[C@H]2C[C@H]3O. The van der Waals surface area contributed by atoms with E-state index in [2.05, 4.69) is 18.4 Å². The number of aliphatic hydroxyl groups is 1. The van der Waals surface area contributed by atoms with E-state index in [0.29, 0.717) is 30.0 Å². The van der Waals surface area contributed by atoms with Crippen molar-refractivity contribution in [2.24, 2.45) is 34.0 Å². The Balaban J connectivity index is 1.53. The van der Waals surface area contributed by atoms with Crippen molar-refractivity contribution in [2.75, 3.05) is 19.7 Å². The molecular weight excluding hydrogens is 326 g/mol. The predicted octanol–water partition coefficient (Wildman–Crippen LogP) is 2.76. The minimum atomic E-state index is -0.534. The summed E-state index contributed by atoms with van der Waals surface area (Å²) in [4.78, 5) is 15.9. The third kappa shape index (κ3) is 1.59. The van der Waals surface area contributed by atoms with Crippen molar-refractivity contribution < 1.29 is 14.6 Å². The number of piperidine rings is 1. The van der Waals surface area contributed by atoms with Crippen LogP contribution in [-0.4, -0.2) is 47.8 Å². The molecule has 0 aromatic rings. The Hall–Kier alpha value is -0.710. The number of ketones is 1. The first-order chi connectivity index (χ1) is 12.4. The fraction of sp³-hybridized carbons (Fsp3) is 0.864. The van der Waals surface area contributed by atoms with Crippen molar-refractivity contribution in [3.63, 3.8) is 0 Å². The molecule has 4 bridgehead atoms. The highest BCUT2D eigenvalue weighted by molar-refractivity contribution is 5.89. The molecule has 1 N–H and O–H groups in total. The van der Waals surface area contributed by atoms with Crippen LogP contribution in [0.1, 0.15) is 51.9 Å². The quantitative estimate of drug-likeness (QED) is 0.677. The second-order valence-corrected chi connectivity index (χ2v) is 10.6. The normalized spacial score (nSPS) is 58.3. The monoisotopic (exact) mass is 357 g/mol. The Labute approximate surface area is 156 Å². The summed E-state index contributed by atoms with van der Waals surface area (Å²) in [5.74, 6) is 1.52. The van der Waals surface area contributed by atoms with E-state index in [9.17, 15) is 9.90 Å². The van der Waals surface area contributed by atoms with Crippen LogP contribution < -0.4 is 0 Å². The Morgan fingerprint density at radius 3 is 2.96 bits per heavy atom. The Morgan fingerprint density at radius 2 is 2.12 bits per heavy atom. The zero-order valence-corrected chi connectivity index (χ0v) is 15.9. The van der Waals surface area contributed by atoms with Gasteiger partial charge in [0, 0.05) is 24.9 Å². The number of Topliss-reactive ketones (excluding diaryl/α,β-unsaturated/α-hetero) is 1. The molecule has 2 heterocycles. The van der Waals surface area contributed by atoms with E-state index in [0.717, 1.165) is 39.0 Å². The number of rotatable bonds is 0. The van der Waals surface area contributed by atoms with Crippen molar-refractivity contribution in [2.45, 2.75) is 64.2 Å². The summed E-state index contributed by atoms with van der Waals surface area (Å²) in [6.07, 6.45) is 6.60. The molecule has 0 radical (unpaired) electrons. The Kier molecular flexibility index (Phi) is 3.01. The maximum absolute atomic E-state index is 13.3. The van der Waals surface area contributed by atoms with E-state index in [1.165, 1.54) is 24.8 Å². The maximum atomic E-state index is 13.3. The fourth-order valence-electron chi connectivity index (χ4n) is 8.93. The first-order valence-electron chi connectivity index (χ1n) is 10.7. The van der Waals surface area contributed by atoms with Gasteiger partial charge in [0.25, 0.3) is 0 Å². The number of carbonyl (C=O) groups excluding carboxylic acids is 1. The van der Waals surface area contributed by atoms with E-state index in [1.807, 2.05) is 0 Å². The van der Waals surface area contributed by atoms with Gasteiger partial charge in [0.05, 0.1) is 18.1 Å². The van der Waals surface area contributed by atoms with Gasteiger partial charge >= 0.3 is 0 Å². The third-order valence-corrected chi connectivity index (χ3v) is 9.83. The second kappa shape index (κ2) is 4.82. The summed E-state index contributed by atoms with van der Waals surface area (Å²) < 4.78 is 6.22. The van der Waals surface area contributed by atoms with Crippen molar-refractivity contribution in [3.8, 4) is 0 Å². The molecule has 26 heavy (non-hydrogen) atoms. The molecule has 4 heteroatoms. The number of carbonyl (C=O) groups is 1. The number of aliphatic hydroxyl groups excluding tert-OH is 1. The highest BCUT2D eigenvalue weighted by atomic mass is 16.5. The van der Waals surface area contributed by atoms with E-state index in [4.69, 9.17) is 4.74 Å². The lowest BCUT2D eigenvalue weighted by atomic mass is 9.34. The van der Waals surface area contributed by atoms with Crippen molar-refractivity contribution in [3.05, 3.63) is 12.2 Å². The number of hydrogen-bond acceptors (Lipinski definition) is 4. The molecule has 5 aliphatic carbocycles. The van der Waals surface area contributed by atoms with Crippen LogP contribution in [0.4, 0.5) is 0 Å². The third-order valence-electron chi connectivity index (χ3n) is 9.83. The van der Waals surface area contributed by atoms with Gasteiger partial charge < -0.3 is 9.84 Å². The smallest absolute Gasteiger partial charge is 0.142 e. The Morgan fingerprint density at radius 1 is 1.27 bits per heavy atom. The molecular formula is C22H31NO3. The van der Waals surface area contributed by atoms with Gasteiger partial charge in [-0.2, -0.15) is 0 Å². The summed E-state index contributed by atoms with van der Waals surface area (Å²) >= 11 is 0. The lowest BCUT2D eigenvalue weighted by Gasteiger charge is -2.72. The standard InChI is InChI=1S/C22H31NO3/c1-13-11-22-16(8-14(13)9-17(22)24)21-5-3-4-20(2,15(21)10-18(22)25)19-23(12-21)6-7-26-19/h14-16,18-19,25H,1,3-12H2,2H3/t14-,15-,16+,18-,19+,20-,21+,22-/m1/s1. The van der Waals surface area contributed by atoms with Gasteiger partial charge in [0.2, 0.25) is 0 Å². The van der Waals surface area contributed by atoms with Crippen LogP contribution >= 0.6 is 0 Å². The first-order valence-corrected chi connectivity index (χ1v) is 10.7. The second-order valence-electron chi connectivity index (χ2n) is 10.6. The minimum absolute atomic E-state index is 0.117. The summed E-state index contributed by atoms with van der Waals surface area (Å²) in [6, 6.07) is 0. The minimum Gasteiger partial charge on any atom is -0.392 e. The zero-order chi connectivity index (χ0) is 17.9. The molecule has 4 nitrogen and oxygen atoms in total. The molecule has 2 saturated heterocycles. The van der Waals surface area contributed by atoms with Crippen molar-refractivity contribution in [1.29, 1.82) is 0 Å². The lowest BCUT2D eigenvalue weighted by molar-refractivity contribution is -0.275. The van der Waals surface area contributed by atoms with Crippen LogP contribution in [-0.2, 0) is 9.53 Å². The molecule has 0 aromatic heterocycles. The molecule has 1 spiro atoms. The molecule has 0 unspecified atom stereocenters. The highest BCUT2D eigenvalue weighted by Crippen LogP contribution is 2.73. The van der Waals surface area contributed by atoms with Gasteiger partial charge in [0.15, 0.2) is 0 Å². The average Bonchev–Trinajstić information content (AvgIpc) is 3.06. The van der Waals surface area contributed by atoms with E-state index < -0.39 is 11.5 Å². The summed E-state index contributed by atoms with van der Waals surface area (Å²) in [6.45, 7) is 9.66. The highest BCUT2D eigenvalue weighted by Gasteiger charge is 2.74. The van der Waals surface area contributed by atoms with Gasteiger partial charge in [-0.3, -0.25) is 9.69 Å². The van der Waals surface area contributed by atoms with Gasteiger partial charge in [-0.25, -0.2) is 0 Å². The van der Waals surface area contributed by atoms with E-state index >= 15 is 0 Å². The topological polar surface area (TPSA) is 49.8 Å². The number of hydrogen-bond donors (Lipinski definition) is 1. The van der Waals surface area contributed by atoms with Gasteiger partial charge in [-0.15, -0.1) is 0 Å². The van der Waals surface area contributed by atoms with Gasteiger partial charge in [-0.05, 0) is 55.3 Å². The number of nitrogens with zero attached hydrogens (tertiary/aromatic N) is 1. The Bertz CT molecular complexity index is 706. The van der Waals surface area contributed by atoms with E-state index in [-0.39, 0.29) is 17.1 Å². The maximum Gasteiger partial charge on any atom is 0.142 e. The largest absolute Gasteiger partial charge is 0.392 e. The van der Waals surface area contributed by atoms with Crippen LogP contribution in [0.15, 0.2) is 12.2 Å².